The molecule has 24 heavy (non-hydrogen) atoms. The molecule has 0 aliphatic carbocycles. The van der Waals surface area contributed by atoms with Gasteiger partial charge in [0.2, 0.25) is 0 Å². The number of rotatable bonds is 9. The van der Waals surface area contributed by atoms with E-state index in [0.29, 0.717) is 0 Å². The van der Waals surface area contributed by atoms with Crippen LogP contribution in [0.4, 0.5) is 0 Å². The highest BCUT2D eigenvalue weighted by atomic mass is 16.6. The number of ether oxygens (including phenoxy) is 2. The second-order valence-electron chi connectivity index (χ2n) is 6.11. The minimum absolute atomic E-state index is 0.488. The first-order valence-corrected chi connectivity index (χ1v) is 7.20. The number of hydrogen-bond donors (Lipinski definition) is 4. The number of hydrogen-bond acceptors (Lipinski definition) is 9. The zero-order chi connectivity index (χ0) is 19.5. The van der Waals surface area contributed by atoms with Crippen molar-refractivity contribution in [3.8, 4) is 0 Å². The Morgan fingerprint density at radius 2 is 1.50 bits per heavy atom. The molecule has 0 aromatic carbocycles. The molecule has 0 radical (unpaired) electrons. The summed E-state index contributed by atoms with van der Waals surface area (Å²) in [4.78, 5) is 34.8. The van der Waals surface area contributed by atoms with E-state index < -0.39 is 53.2 Å². The van der Waals surface area contributed by atoms with Crippen LogP contribution in [-0.4, -0.2) is 80.7 Å². The maximum atomic E-state index is 12.1. The Kier molecular flexibility index (Phi) is 7.22. The van der Waals surface area contributed by atoms with Crippen LogP contribution in [0.25, 0.3) is 0 Å². The van der Waals surface area contributed by atoms with Gasteiger partial charge in [-0.2, -0.15) is 0 Å². The highest BCUT2D eigenvalue weighted by Crippen LogP contribution is 2.39. The van der Waals surface area contributed by atoms with Crippen molar-refractivity contribution in [1.82, 2.24) is 0 Å². The zero-order valence-electron chi connectivity index (χ0n) is 14.7. The van der Waals surface area contributed by atoms with E-state index in [-0.39, 0.29) is 0 Å². The number of methoxy groups -OCH3 is 1. The molecule has 0 rings (SSSR count). The maximum absolute atomic E-state index is 12.1. The number of Topliss-reactive ketones (excluding diaryl/α,β-unsaturated/α-hetero) is 2. The van der Waals surface area contributed by atoms with Crippen molar-refractivity contribution >= 4 is 17.5 Å². The molecule has 4 N–H and O–H groups in total. The number of aliphatic hydroxyl groups is 4. The first-order chi connectivity index (χ1) is 10.7. The molecule has 0 aliphatic rings. The summed E-state index contributed by atoms with van der Waals surface area (Å²) in [5, 5.41) is 42.1. The number of carbonyl (C=O) groups is 3. The number of carbonyl (C=O) groups excluding carboxylic acids is 3. The van der Waals surface area contributed by atoms with Crippen molar-refractivity contribution in [2.75, 3.05) is 13.7 Å². The van der Waals surface area contributed by atoms with E-state index in [1.54, 1.807) is 0 Å². The van der Waals surface area contributed by atoms with Crippen LogP contribution in [0.3, 0.4) is 0 Å². The average Bonchev–Trinajstić information content (AvgIpc) is 2.43. The molecule has 5 unspecified atom stereocenters. The molecule has 0 saturated heterocycles. The van der Waals surface area contributed by atoms with Gasteiger partial charge in [-0.15, -0.1) is 0 Å². The minimum atomic E-state index is -2.87. The summed E-state index contributed by atoms with van der Waals surface area (Å²) in [5.74, 6) is -2.84. The summed E-state index contributed by atoms with van der Waals surface area (Å²) < 4.78 is 9.67. The topological polar surface area (TPSA) is 151 Å². The lowest BCUT2D eigenvalue weighted by atomic mass is 9.65. The van der Waals surface area contributed by atoms with Crippen LogP contribution >= 0.6 is 0 Å². The van der Waals surface area contributed by atoms with Crippen LogP contribution in [-0.2, 0) is 23.9 Å². The lowest BCUT2D eigenvalue weighted by molar-refractivity contribution is -0.274. The molecule has 0 heterocycles. The van der Waals surface area contributed by atoms with Crippen molar-refractivity contribution in [3.05, 3.63) is 0 Å². The fraction of sp³-hybridized carbons (Fsp3) is 0.800. The minimum Gasteiger partial charge on any atom is -0.456 e. The van der Waals surface area contributed by atoms with Gasteiger partial charge in [-0.1, -0.05) is 0 Å². The maximum Gasteiger partial charge on any atom is 0.303 e. The molecule has 0 saturated carbocycles. The van der Waals surface area contributed by atoms with E-state index in [1.165, 1.54) is 7.11 Å². The third-order valence-corrected chi connectivity index (χ3v) is 4.27. The summed E-state index contributed by atoms with van der Waals surface area (Å²) >= 11 is 0. The summed E-state index contributed by atoms with van der Waals surface area (Å²) in [5.41, 5.74) is -8.30. The average molecular weight is 350 g/mol. The SMILES string of the molecule is COCC(OC(C)=O)C(O)(C(C)=O)C(C)(O)C(C)(O)C(O)C(C)=O. The zero-order valence-corrected chi connectivity index (χ0v) is 14.7. The summed E-state index contributed by atoms with van der Waals surface area (Å²) in [6, 6.07) is 0. The van der Waals surface area contributed by atoms with Crippen LogP contribution in [0.15, 0.2) is 0 Å². The highest BCUT2D eigenvalue weighted by molar-refractivity contribution is 5.88. The summed E-state index contributed by atoms with van der Waals surface area (Å²) in [7, 11) is 1.20. The molecule has 9 heteroatoms. The van der Waals surface area contributed by atoms with Gasteiger partial charge in [-0.25, -0.2) is 0 Å². The van der Waals surface area contributed by atoms with Gasteiger partial charge in [0.1, 0.15) is 17.3 Å². The molecular formula is C15H26O9. The van der Waals surface area contributed by atoms with Crippen LogP contribution < -0.4 is 0 Å². The molecule has 140 valence electrons. The number of aliphatic hydroxyl groups excluding tert-OH is 1. The summed E-state index contributed by atoms with van der Waals surface area (Å²) in [6.07, 6.45) is -3.81. The Bertz CT molecular complexity index is 497. The van der Waals surface area contributed by atoms with Gasteiger partial charge >= 0.3 is 5.97 Å². The van der Waals surface area contributed by atoms with E-state index in [2.05, 4.69) is 0 Å². The Hall–Kier alpha value is -1.39. The molecule has 0 amide bonds. The number of esters is 1. The number of ketones is 2. The Labute approximate surface area is 140 Å². The largest absolute Gasteiger partial charge is 0.456 e. The monoisotopic (exact) mass is 350 g/mol. The van der Waals surface area contributed by atoms with Gasteiger partial charge in [-0.05, 0) is 27.7 Å². The fourth-order valence-corrected chi connectivity index (χ4v) is 2.52. The normalized spacial score (nSPS) is 21.6. The van der Waals surface area contributed by atoms with Crippen LogP contribution in [0.2, 0.25) is 0 Å². The van der Waals surface area contributed by atoms with Crippen LogP contribution in [0.1, 0.15) is 34.6 Å². The third kappa shape index (κ3) is 3.81. The van der Waals surface area contributed by atoms with E-state index in [0.717, 1.165) is 34.6 Å². The fourth-order valence-electron chi connectivity index (χ4n) is 2.52. The van der Waals surface area contributed by atoms with Crippen LogP contribution in [0, 0.1) is 0 Å². The van der Waals surface area contributed by atoms with Gasteiger partial charge in [0.15, 0.2) is 23.3 Å². The molecule has 0 aromatic heterocycles. The third-order valence-electron chi connectivity index (χ3n) is 4.27. The van der Waals surface area contributed by atoms with E-state index >= 15 is 0 Å². The second-order valence-corrected chi connectivity index (χ2v) is 6.11. The first-order valence-electron chi connectivity index (χ1n) is 7.20. The molecule has 0 aromatic rings. The van der Waals surface area contributed by atoms with Gasteiger partial charge < -0.3 is 29.9 Å². The van der Waals surface area contributed by atoms with Crippen molar-refractivity contribution in [2.45, 2.75) is 63.6 Å². The second kappa shape index (κ2) is 7.66. The molecule has 0 aliphatic heterocycles. The molecule has 5 atom stereocenters. The van der Waals surface area contributed by atoms with Gasteiger partial charge in [0, 0.05) is 14.0 Å². The molecule has 9 nitrogen and oxygen atoms in total. The lowest BCUT2D eigenvalue weighted by Gasteiger charge is -2.51. The van der Waals surface area contributed by atoms with Gasteiger partial charge in [0.05, 0.1) is 6.61 Å². The highest BCUT2D eigenvalue weighted by Gasteiger charge is 2.66. The smallest absolute Gasteiger partial charge is 0.303 e. The Morgan fingerprint density at radius 1 is 1.04 bits per heavy atom. The first kappa shape index (κ1) is 22.6. The standard InChI is InChI=1S/C15H26O9/c1-8(16)12(19)13(4,20)14(5,21)15(22,9(2)17)11(7-23-6)24-10(3)18/h11-12,19-22H,7H2,1-6H3. The molecule has 0 fully saturated rings. The van der Waals surface area contributed by atoms with Crippen molar-refractivity contribution in [1.29, 1.82) is 0 Å². The lowest BCUT2D eigenvalue weighted by Crippen LogP contribution is -2.76. The predicted molar refractivity (Wildman–Crippen MR) is 81.0 cm³/mol. The molecular weight excluding hydrogens is 324 g/mol. The Morgan fingerprint density at radius 3 is 1.79 bits per heavy atom. The van der Waals surface area contributed by atoms with Crippen molar-refractivity contribution < 1.29 is 44.3 Å². The van der Waals surface area contributed by atoms with E-state index in [1.807, 2.05) is 0 Å². The quantitative estimate of drug-likeness (QED) is 0.358. The predicted octanol–water partition coefficient (Wildman–Crippen LogP) is -1.66. The van der Waals surface area contributed by atoms with Gasteiger partial charge in [0.25, 0.3) is 0 Å². The van der Waals surface area contributed by atoms with E-state index in [4.69, 9.17) is 9.47 Å². The van der Waals surface area contributed by atoms with Crippen molar-refractivity contribution in [2.24, 2.45) is 0 Å². The summed E-state index contributed by atoms with van der Waals surface area (Å²) in [6.45, 7) is 4.12. The molecule has 0 spiro atoms. The Balaban J connectivity index is 6.30. The van der Waals surface area contributed by atoms with Crippen molar-refractivity contribution in [3.63, 3.8) is 0 Å². The van der Waals surface area contributed by atoms with Gasteiger partial charge in [-0.3, -0.25) is 14.4 Å². The van der Waals surface area contributed by atoms with E-state index in [9.17, 15) is 34.8 Å². The molecule has 0 bridgehead atoms. The van der Waals surface area contributed by atoms with Crippen LogP contribution in [0.5, 0.6) is 0 Å².